The van der Waals surface area contributed by atoms with Crippen molar-refractivity contribution in [2.45, 2.75) is 6.42 Å². The van der Waals surface area contributed by atoms with Crippen LogP contribution in [0.25, 0.3) is 0 Å². The summed E-state index contributed by atoms with van der Waals surface area (Å²) in [5, 5.41) is 9.84. The molecule has 0 aromatic heterocycles. The number of ether oxygens (including phenoxy) is 2. The van der Waals surface area contributed by atoms with Gasteiger partial charge in [-0.15, -0.1) is 0 Å². The highest BCUT2D eigenvalue weighted by atomic mass is 16.5. The van der Waals surface area contributed by atoms with Gasteiger partial charge in [0.1, 0.15) is 11.4 Å². The van der Waals surface area contributed by atoms with Crippen molar-refractivity contribution < 1.29 is 19.4 Å². The predicted octanol–water partition coefficient (Wildman–Crippen LogP) is 4.10. The number of carbonyl (C=O) groups is 1. The highest BCUT2D eigenvalue weighted by Gasteiger charge is 2.40. The summed E-state index contributed by atoms with van der Waals surface area (Å²) in [7, 11) is 3.20. The molecule has 0 bridgehead atoms. The van der Waals surface area contributed by atoms with E-state index in [1.165, 1.54) is 0 Å². The van der Waals surface area contributed by atoms with Crippen molar-refractivity contribution in [2.75, 3.05) is 27.4 Å². The van der Waals surface area contributed by atoms with Gasteiger partial charge in [0.25, 0.3) is 0 Å². The number of aliphatic hydroxyl groups is 1. The lowest BCUT2D eigenvalue weighted by Crippen LogP contribution is -2.52. The normalized spacial score (nSPS) is 11.1. The SMILES string of the molecule is COc1ccc(CC[N+](C(=O)CO)(c2ccccc2)c2ccccc2)cc1OC. The van der Waals surface area contributed by atoms with E-state index < -0.39 is 6.61 Å². The molecule has 0 unspecified atom stereocenters. The van der Waals surface area contributed by atoms with Gasteiger partial charge in [0.15, 0.2) is 18.1 Å². The Morgan fingerprint density at radius 1 is 0.828 bits per heavy atom. The van der Waals surface area contributed by atoms with Crippen LogP contribution in [0.1, 0.15) is 5.56 Å². The largest absolute Gasteiger partial charge is 0.493 e. The monoisotopic (exact) mass is 392 g/mol. The van der Waals surface area contributed by atoms with Crippen molar-refractivity contribution in [3.8, 4) is 11.5 Å². The summed E-state index contributed by atoms with van der Waals surface area (Å²) in [6.45, 7) is -0.0847. The van der Waals surface area contributed by atoms with E-state index in [4.69, 9.17) is 9.47 Å². The first-order chi connectivity index (χ1) is 14.2. The Labute approximate surface area is 171 Å². The second-order valence-electron chi connectivity index (χ2n) is 6.70. The van der Waals surface area contributed by atoms with E-state index in [1.54, 1.807) is 14.2 Å². The van der Waals surface area contributed by atoms with E-state index in [-0.39, 0.29) is 10.4 Å². The molecule has 3 aromatic rings. The molecule has 3 aromatic carbocycles. The average Bonchev–Trinajstić information content (AvgIpc) is 2.80. The third-order valence-corrected chi connectivity index (χ3v) is 5.14. The van der Waals surface area contributed by atoms with Gasteiger partial charge in [-0.25, -0.2) is 4.79 Å². The van der Waals surface area contributed by atoms with E-state index in [2.05, 4.69) is 0 Å². The smallest absolute Gasteiger partial charge is 0.349 e. The molecule has 5 heteroatoms. The number of quaternary nitrogens is 1. The molecule has 0 radical (unpaired) electrons. The van der Waals surface area contributed by atoms with Crippen LogP contribution in [0.5, 0.6) is 11.5 Å². The van der Waals surface area contributed by atoms with Crippen LogP contribution in [0.3, 0.4) is 0 Å². The van der Waals surface area contributed by atoms with Gasteiger partial charge in [-0.2, -0.15) is 4.48 Å². The molecule has 0 saturated heterocycles. The molecule has 0 aliphatic heterocycles. The molecule has 0 heterocycles. The number of benzene rings is 3. The number of para-hydroxylation sites is 2. The Hall–Kier alpha value is -3.15. The molecule has 0 fully saturated rings. The minimum absolute atomic E-state index is 0.0630. The number of hydrogen-bond acceptors (Lipinski definition) is 4. The van der Waals surface area contributed by atoms with Crippen LogP contribution in [0.4, 0.5) is 11.4 Å². The van der Waals surface area contributed by atoms with Gasteiger partial charge in [0.05, 0.1) is 20.8 Å². The molecule has 0 atom stereocenters. The van der Waals surface area contributed by atoms with Gasteiger partial charge in [0, 0.05) is 30.7 Å². The summed E-state index contributed by atoms with van der Waals surface area (Å²) < 4.78 is 10.7. The van der Waals surface area contributed by atoms with Crippen molar-refractivity contribution in [1.82, 2.24) is 4.48 Å². The number of nitrogens with zero attached hydrogens (tertiary/aromatic N) is 1. The van der Waals surface area contributed by atoms with Crippen LogP contribution >= 0.6 is 0 Å². The Kier molecular flexibility index (Phi) is 6.65. The van der Waals surface area contributed by atoms with Crippen LogP contribution in [0.15, 0.2) is 78.9 Å². The Morgan fingerprint density at radius 3 is 1.86 bits per heavy atom. The first kappa shape index (κ1) is 20.6. The van der Waals surface area contributed by atoms with E-state index >= 15 is 0 Å². The lowest BCUT2D eigenvalue weighted by atomic mass is 10.1. The van der Waals surface area contributed by atoms with Gasteiger partial charge in [-0.3, -0.25) is 0 Å². The summed E-state index contributed by atoms with van der Waals surface area (Å²) in [4.78, 5) is 13.2. The van der Waals surface area contributed by atoms with Crippen molar-refractivity contribution in [3.05, 3.63) is 84.4 Å². The summed E-state index contributed by atoms with van der Waals surface area (Å²) in [6.07, 6.45) is 0.607. The number of aliphatic hydroxyl groups excluding tert-OH is 1. The van der Waals surface area contributed by atoms with Crippen LogP contribution in [-0.2, 0) is 11.2 Å². The Bertz CT molecular complexity index is 902. The zero-order chi connectivity index (χ0) is 20.7. The molecular formula is C24H26NO4+. The van der Waals surface area contributed by atoms with Gasteiger partial charge in [-0.05, 0) is 17.7 Å². The van der Waals surface area contributed by atoms with Crippen LogP contribution in [0.2, 0.25) is 0 Å². The summed E-state index contributed by atoms with van der Waals surface area (Å²) in [5.41, 5.74) is 2.65. The minimum atomic E-state index is -0.546. The molecule has 1 amide bonds. The second-order valence-corrected chi connectivity index (χ2v) is 6.70. The Morgan fingerprint density at radius 2 is 1.38 bits per heavy atom. The van der Waals surface area contributed by atoms with E-state index in [0.29, 0.717) is 24.5 Å². The predicted molar refractivity (Wildman–Crippen MR) is 115 cm³/mol. The molecular weight excluding hydrogens is 366 g/mol. The Balaban J connectivity index is 2.05. The zero-order valence-electron chi connectivity index (χ0n) is 16.7. The molecule has 0 spiro atoms. The third kappa shape index (κ3) is 4.16. The number of rotatable bonds is 8. The van der Waals surface area contributed by atoms with Crippen molar-refractivity contribution in [1.29, 1.82) is 0 Å². The van der Waals surface area contributed by atoms with Crippen molar-refractivity contribution in [3.63, 3.8) is 0 Å². The maximum Gasteiger partial charge on any atom is 0.349 e. The van der Waals surface area contributed by atoms with Gasteiger partial charge in [0.2, 0.25) is 0 Å². The number of hydrogen-bond donors (Lipinski definition) is 1. The lowest BCUT2D eigenvalue weighted by Gasteiger charge is -2.34. The third-order valence-electron chi connectivity index (χ3n) is 5.14. The molecule has 0 aliphatic rings. The van der Waals surface area contributed by atoms with Crippen LogP contribution in [0, 0.1) is 0 Å². The molecule has 0 aliphatic carbocycles. The van der Waals surface area contributed by atoms with Crippen LogP contribution < -0.4 is 14.0 Å². The highest BCUT2D eigenvalue weighted by Crippen LogP contribution is 2.36. The first-order valence-corrected chi connectivity index (χ1v) is 9.50. The first-order valence-electron chi connectivity index (χ1n) is 9.50. The number of carbonyl (C=O) groups excluding carboxylic acids is 1. The van der Waals surface area contributed by atoms with Gasteiger partial charge >= 0.3 is 5.91 Å². The second kappa shape index (κ2) is 9.37. The fraction of sp³-hybridized carbons (Fsp3) is 0.208. The van der Waals surface area contributed by atoms with Crippen molar-refractivity contribution in [2.24, 2.45) is 0 Å². The van der Waals surface area contributed by atoms with Crippen molar-refractivity contribution >= 4 is 17.3 Å². The molecule has 5 nitrogen and oxygen atoms in total. The number of methoxy groups -OCH3 is 2. The molecule has 150 valence electrons. The van der Waals surface area contributed by atoms with E-state index in [0.717, 1.165) is 16.9 Å². The number of amides is 1. The summed E-state index contributed by atoms with van der Waals surface area (Å²) in [5.74, 6) is 1.04. The molecule has 1 N–H and O–H groups in total. The molecule has 3 rings (SSSR count). The van der Waals surface area contributed by atoms with Gasteiger partial charge in [-0.1, -0.05) is 42.5 Å². The average molecular weight is 392 g/mol. The van der Waals surface area contributed by atoms with Crippen LogP contribution in [-0.4, -0.2) is 38.4 Å². The lowest BCUT2D eigenvalue weighted by molar-refractivity contribution is -0.130. The maximum atomic E-state index is 13.2. The topological polar surface area (TPSA) is 55.8 Å². The molecule has 29 heavy (non-hydrogen) atoms. The zero-order valence-corrected chi connectivity index (χ0v) is 16.7. The fourth-order valence-corrected chi connectivity index (χ4v) is 3.64. The summed E-state index contributed by atoms with van der Waals surface area (Å²) in [6, 6.07) is 24.9. The van der Waals surface area contributed by atoms with E-state index in [9.17, 15) is 9.90 Å². The minimum Gasteiger partial charge on any atom is -0.493 e. The standard InChI is InChI=1S/C24H26NO4/c1-28-22-14-13-19(17-23(22)29-2)15-16-25(24(27)18-26,20-9-5-3-6-10-20)21-11-7-4-8-12-21/h3-14,17,26H,15-16,18H2,1-2H3/q+1. The van der Waals surface area contributed by atoms with E-state index in [1.807, 2.05) is 78.9 Å². The quantitative estimate of drug-likeness (QED) is 0.587. The maximum absolute atomic E-state index is 13.2. The fourth-order valence-electron chi connectivity index (χ4n) is 3.64. The van der Waals surface area contributed by atoms with Gasteiger partial charge < -0.3 is 14.6 Å². The highest BCUT2D eigenvalue weighted by molar-refractivity contribution is 5.95. The molecule has 0 saturated carbocycles. The summed E-state index contributed by atoms with van der Waals surface area (Å²) >= 11 is 0.